The Morgan fingerprint density at radius 3 is 2.43 bits per heavy atom. The quantitative estimate of drug-likeness (QED) is 0.889. The van der Waals surface area contributed by atoms with Crippen LogP contribution in [0.15, 0.2) is 54.7 Å². The van der Waals surface area contributed by atoms with Crippen LogP contribution in [-0.2, 0) is 9.59 Å². The van der Waals surface area contributed by atoms with Crippen LogP contribution < -0.4 is 5.32 Å². The van der Waals surface area contributed by atoms with Crippen LogP contribution in [0.3, 0.4) is 0 Å². The maximum absolute atomic E-state index is 12.8. The van der Waals surface area contributed by atoms with Gasteiger partial charge < -0.3 is 15.1 Å². The molecule has 1 heterocycles. The molecule has 0 fully saturated rings. The maximum atomic E-state index is 12.8. The van der Waals surface area contributed by atoms with Gasteiger partial charge in [-0.15, -0.1) is 0 Å². The molecular weight excluding hydrogens is 354 g/mol. The zero-order valence-electron chi connectivity index (χ0n) is 16.2. The Morgan fingerprint density at radius 2 is 1.71 bits per heavy atom. The molecule has 0 bridgehead atoms. The Morgan fingerprint density at radius 1 is 1.04 bits per heavy atom. The highest BCUT2D eigenvalue weighted by Crippen LogP contribution is 2.33. The van der Waals surface area contributed by atoms with Crippen molar-refractivity contribution in [3.63, 3.8) is 0 Å². The van der Waals surface area contributed by atoms with Gasteiger partial charge in [-0.05, 0) is 29.3 Å². The van der Waals surface area contributed by atoms with E-state index in [1.54, 1.807) is 49.5 Å². The van der Waals surface area contributed by atoms with Crippen LogP contribution in [0.25, 0.3) is 6.08 Å². The van der Waals surface area contributed by atoms with Gasteiger partial charge >= 0.3 is 0 Å². The van der Waals surface area contributed by atoms with E-state index in [0.717, 1.165) is 11.1 Å². The minimum Gasteiger partial charge on any atom is -0.345 e. The van der Waals surface area contributed by atoms with Crippen molar-refractivity contribution in [2.45, 2.75) is 19.4 Å². The normalized spacial score (nSPS) is 15.0. The highest BCUT2D eigenvalue weighted by atomic mass is 16.2. The van der Waals surface area contributed by atoms with E-state index in [2.05, 4.69) is 5.32 Å². The van der Waals surface area contributed by atoms with E-state index in [4.69, 9.17) is 0 Å². The lowest BCUT2D eigenvalue weighted by atomic mass is 9.93. The predicted molar refractivity (Wildman–Crippen MR) is 108 cm³/mol. The molecule has 6 nitrogen and oxygen atoms in total. The summed E-state index contributed by atoms with van der Waals surface area (Å²) in [7, 11) is 3.33. The van der Waals surface area contributed by atoms with Crippen molar-refractivity contribution in [3.8, 4) is 0 Å². The molecule has 2 aromatic carbocycles. The molecule has 0 aliphatic carbocycles. The molecule has 0 unspecified atom stereocenters. The van der Waals surface area contributed by atoms with E-state index in [-0.39, 0.29) is 24.1 Å². The van der Waals surface area contributed by atoms with Crippen LogP contribution in [0.5, 0.6) is 0 Å². The predicted octanol–water partition coefficient (Wildman–Crippen LogP) is 3.29. The first-order chi connectivity index (χ1) is 13.4. The summed E-state index contributed by atoms with van der Waals surface area (Å²) in [4.78, 5) is 40.3. The lowest BCUT2D eigenvalue weighted by Gasteiger charge is -2.32. The first kappa shape index (κ1) is 19.4. The Hall–Kier alpha value is -3.41. The first-order valence-corrected chi connectivity index (χ1v) is 9.05. The lowest BCUT2D eigenvalue weighted by molar-refractivity contribution is -0.129. The molecule has 1 aliphatic heterocycles. The molecule has 0 saturated carbocycles. The summed E-state index contributed by atoms with van der Waals surface area (Å²) >= 11 is 0. The minimum absolute atomic E-state index is 0.0887. The Bertz CT molecular complexity index is 950. The summed E-state index contributed by atoms with van der Waals surface area (Å²) in [5.41, 5.74) is 2.79. The van der Waals surface area contributed by atoms with Crippen LogP contribution in [0, 0.1) is 0 Å². The smallest absolute Gasteiger partial charge is 0.255 e. The van der Waals surface area contributed by atoms with Gasteiger partial charge in [0.2, 0.25) is 11.8 Å². The van der Waals surface area contributed by atoms with Gasteiger partial charge in [0.15, 0.2) is 0 Å². The largest absolute Gasteiger partial charge is 0.345 e. The second kappa shape index (κ2) is 8.08. The fourth-order valence-corrected chi connectivity index (χ4v) is 3.31. The Balaban J connectivity index is 1.84. The van der Waals surface area contributed by atoms with Gasteiger partial charge in [-0.2, -0.15) is 0 Å². The standard InChI is InChI=1S/C22H23N3O3/c1-15(26)25-13-12-16-8-4-5-9-17(16)20(25)14-21(27)23-19-11-7-6-10-18(19)22(28)24(2)3/h4-13,20H,14H2,1-3H3,(H,23,27)/t20-/m0/s1. The lowest BCUT2D eigenvalue weighted by Crippen LogP contribution is -2.33. The second-order valence-electron chi connectivity index (χ2n) is 6.88. The molecular formula is C22H23N3O3. The maximum Gasteiger partial charge on any atom is 0.255 e. The number of carbonyl (C=O) groups is 3. The number of benzene rings is 2. The average molecular weight is 377 g/mol. The number of hydrogen-bond donors (Lipinski definition) is 1. The van der Waals surface area contributed by atoms with E-state index in [1.807, 2.05) is 30.3 Å². The Kier molecular flexibility index (Phi) is 5.59. The summed E-state index contributed by atoms with van der Waals surface area (Å²) in [6.07, 6.45) is 3.67. The Labute approximate surface area is 164 Å². The van der Waals surface area contributed by atoms with Crippen molar-refractivity contribution in [2.75, 3.05) is 19.4 Å². The third-order valence-corrected chi connectivity index (χ3v) is 4.69. The van der Waals surface area contributed by atoms with Gasteiger partial charge in [-0.1, -0.05) is 36.4 Å². The third-order valence-electron chi connectivity index (χ3n) is 4.69. The third kappa shape index (κ3) is 3.96. The molecule has 6 heteroatoms. The first-order valence-electron chi connectivity index (χ1n) is 9.05. The number of amides is 3. The van der Waals surface area contributed by atoms with Gasteiger partial charge in [0.1, 0.15) is 0 Å². The second-order valence-corrected chi connectivity index (χ2v) is 6.88. The highest BCUT2D eigenvalue weighted by Gasteiger charge is 2.28. The SMILES string of the molecule is CC(=O)N1C=Cc2ccccc2[C@@H]1CC(=O)Nc1ccccc1C(=O)N(C)C. The topological polar surface area (TPSA) is 69.7 Å². The van der Waals surface area contributed by atoms with E-state index >= 15 is 0 Å². The average Bonchev–Trinajstić information content (AvgIpc) is 2.67. The van der Waals surface area contributed by atoms with E-state index < -0.39 is 6.04 Å². The minimum atomic E-state index is -0.393. The number of nitrogens with zero attached hydrogens (tertiary/aromatic N) is 2. The summed E-state index contributed by atoms with van der Waals surface area (Å²) in [6.45, 7) is 1.48. The zero-order valence-corrected chi connectivity index (χ0v) is 16.2. The molecule has 0 saturated heterocycles. The van der Waals surface area contributed by atoms with Crippen LogP contribution in [0.4, 0.5) is 5.69 Å². The zero-order chi connectivity index (χ0) is 20.3. The van der Waals surface area contributed by atoms with Gasteiger partial charge in [-0.25, -0.2) is 0 Å². The molecule has 0 radical (unpaired) electrons. The highest BCUT2D eigenvalue weighted by molar-refractivity contribution is 6.03. The molecule has 28 heavy (non-hydrogen) atoms. The number of nitrogens with one attached hydrogen (secondary N) is 1. The number of hydrogen-bond acceptors (Lipinski definition) is 3. The van der Waals surface area contributed by atoms with E-state index in [9.17, 15) is 14.4 Å². The number of para-hydroxylation sites is 1. The van der Waals surface area contributed by atoms with Crippen LogP contribution >= 0.6 is 0 Å². The van der Waals surface area contributed by atoms with Crippen LogP contribution in [0.2, 0.25) is 0 Å². The van der Waals surface area contributed by atoms with Crippen molar-refractivity contribution >= 4 is 29.5 Å². The number of rotatable bonds is 4. The van der Waals surface area contributed by atoms with Crippen molar-refractivity contribution in [3.05, 3.63) is 71.4 Å². The summed E-state index contributed by atoms with van der Waals surface area (Å²) in [5.74, 6) is -0.584. The van der Waals surface area contributed by atoms with Gasteiger partial charge in [0, 0.05) is 27.2 Å². The fourth-order valence-electron chi connectivity index (χ4n) is 3.31. The van der Waals surface area contributed by atoms with Crippen LogP contribution in [0.1, 0.15) is 40.9 Å². The molecule has 1 N–H and O–H groups in total. The fraction of sp³-hybridized carbons (Fsp3) is 0.227. The van der Waals surface area contributed by atoms with E-state index in [0.29, 0.717) is 11.3 Å². The molecule has 144 valence electrons. The summed E-state index contributed by atoms with van der Waals surface area (Å²) in [6, 6.07) is 14.2. The summed E-state index contributed by atoms with van der Waals surface area (Å²) < 4.78 is 0. The van der Waals surface area contributed by atoms with Crippen molar-refractivity contribution in [2.24, 2.45) is 0 Å². The number of anilines is 1. The van der Waals surface area contributed by atoms with E-state index in [1.165, 1.54) is 11.8 Å². The van der Waals surface area contributed by atoms with Crippen LogP contribution in [-0.4, -0.2) is 41.6 Å². The van der Waals surface area contributed by atoms with Gasteiger partial charge in [-0.3, -0.25) is 14.4 Å². The number of fused-ring (bicyclic) bond motifs is 1. The summed E-state index contributed by atoms with van der Waals surface area (Å²) in [5, 5.41) is 2.84. The molecule has 0 aromatic heterocycles. The monoisotopic (exact) mass is 377 g/mol. The van der Waals surface area contributed by atoms with Crippen molar-refractivity contribution in [1.82, 2.24) is 9.80 Å². The molecule has 0 spiro atoms. The van der Waals surface area contributed by atoms with Crippen molar-refractivity contribution in [1.29, 1.82) is 0 Å². The van der Waals surface area contributed by atoms with Gasteiger partial charge in [0.05, 0.1) is 23.7 Å². The molecule has 2 aromatic rings. The molecule has 1 aliphatic rings. The molecule has 3 amide bonds. The molecule has 1 atom stereocenters. The van der Waals surface area contributed by atoms with Crippen molar-refractivity contribution < 1.29 is 14.4 Å². The number of carbonyl (C=O) groups excluding carboxylic acids is 3. The van der Waals surface area contributed by atoms with Gasteiger partial charge in [0.25, 0.3) is 5.91 Å². The molecule has 3 rings (SSSR count).